The Morgan fingerprint density at radius 2 is 1.83 bits per heavy atom. The molecule has 2 amide bonds. The van der Waals surface area contributed by atoms with Crippen molar-refractivity contribution in [3.05, 3.63) is 21.9 Å². The van der Waals surface area contributed by atoms with Crippen LogP contribution in [0.5, 0.6) is 0 Å². The summed E-state index contributed by atoms with van der Waals surface area (Å²) in [6.45, 7) is 8.90. The Morgan fingerprint density at radius 1 is 1.13 bits per heavy atom. The molecule has 4 nitrogen and oxygen atoms in total. The molecule has 3 rings (SSSR count). The summed E-state index contributed by atoms with van der Waals surface area (Å²) in [7, 11) is 0. The van der Waals surface area contributed by atoms with E-state index >= 15 is 0 Å². The van der Waals surface area contributed by atoms with Crippen molar-refractivity contribution in [1.29, 1.82) is 0 Å². The number of fused-ring (bicyclic) bond motifs is 1. The van der Waals surface area contributed by atoms with Gasteiger partial charge in [0.1, 0.15) is 0 Å². The van der Waals surface area contributed by atoms with Gasteiger partial charge in [0, 0.05) is 42.4 Å². The Hall–Kier alpha value is -1.36. The van der Waals surface area contributed by atoms with Crippen molar-refractivity contribution in [2.24, 2.45) is 11.3 Å². The summed E-state index contributed by atoms with van der Waals surface area (Å²) in [5.74, 6) is 0.563. The summed E-state index contributed by atoms with van der Waals surface area (Å²) in [6.07, 6.45) is 2.58. The highest BCUT2D eigenvalue weighted by Gasteiger charge is 2.34. The monoisotopic (exact) mass is 334 g/mol. The number of amides is 2. The maximum absolute atomic E-state index is 12.8. The van der Waals surface area contributed by atoms with Gasteiger partial charge in [-0.3, -0.25) is 9.59 Å². The predicted molar refractivity (Wildman–Crippen MR) is 92.2 cm³/mol. The van der Waals surface area contributed by atoms with Crippen molar-refractivity contribution in [2.75, 3.05) is 19.6 Å². The zero-order chi connectivity index (χ0) is 16.6. The Kier molecular flexibility index (Phi) is 4.50. The number of piperidine rings is 1. The third-order valence-electron chi connectivity index (χ3n) is 4.89. The average molecular weight is 334 g/mol. The van der Waals surface area contributed by atoms with Gasteiger partial charge in [0.2, 0.25) is 11.8 Å². The minimum absolute atomic E-state index is 0.0826. The van der Waals surface area contributed by atoms with Crippen molar-refractivity contribution in [2.45, 2.75) is 46.6 Å². The van der Waals surface area contributed by atoms with Crippen LogP contribution >= 0.6 is 11.3 Å². The van der Waals surface area contributed by atoms with Gasteiger partial charge in [-0.25, -0.2) is 0 Å². The SMILES string of the molecule is CC(C)(C)C(=O)N1CCC(C(=O)N2CCc3sccc3C2)CC1. The van der Waals surface area contributed by atoms with E-state index in [-0.39, 0.29) is 23.1 Å². The van der Waals surface area contributed by atoms with Crippen LogP contribution < -0.4 is 0 Å². The number of hydrogen-bond acceptors (Lipinski definition) is 3. The third kappa shape index (κ3) is 3.44. The fraction of sp³-hybridized carbons (Fsp3) is 0.667. The first-order valence-electron chi connectivity index (χ1n) is 8.49. The van der Waals surface area contributed by atoms with Gasteiger partial charge in [-0.1, -0.05) is 20.8 Å². The van der Waals surface area contributed by atoms with E-state index in [4.69, 9.17) is 0 Å². The molecule has 5 heteroatoms. The minimum atomic E-state index is -0.334. The molecule has 126 valence electrons. The van der Waals surface area contributed by atoms with E-state index in [2.05, 4.69) is 11.4 Å². The van der Waals surface area contributed by atoms with E-state index in [9.17, 15) is 9.59 Å². The summed E-state index contributed by atoms with van der Waals surface area (Å²) < 4.78 is 0. The second-order valence-corrected chi connectivity index (χ2v) is 8.70. The number of hydrogen-bond donors (Lipinski definition) is 0. The average Bonchev–Trinajstić information content (AvgIpc) is 3.00. The molecule has 0 aromatic carbocycles. The number of carbonyl (C=O) groups is 2. The Morgan fingerprint density at radius 3 is 2.48 bits per heavy atom. The molecule has 2 aliphatic rings. The maximum atomic E-state index is 12.8. The highest BCUT2D eigenvalue weighted by atomic mass is 32.1. The molecule has 0 radical (unpaired) electrons. The molecule has 0 N–H and O–H groups in total. The minimum Gasteiger partial charge on any atom is -0.342 e. The fourth-order valence-electron chi connectivity index (χ4n) is 3.50. The van der Waals surface area contributed by atoms with Crippen LogP contribution in [0.2, 0.25) is 0 Å². The van der Waals surface area contributed by atoms with Crippen LogP contribution in [0.1, 0.15) is 44.1 Å². The van der Waals surface area contributed by atoms with Gasteiger partial charge < -0.3 is 9.80 Å². The molecule has 1 aromatic heterocycles. The van der Waals surface area contributed by atoms with Gasteiger partial charge in [-0.15, -0.1) is 11.3 Å². The fourth-order valence-corrected chi connectivity index (χ4v) is 4.39. The molecule has 1 aromatic rings. The Bertz CT molecular complexity index is 594. The first-order valence-corrected chi connectivity index (χ1v) is 9.37. The van der Waals surface area contributed by atoms with Crippen LogP contribution in [-0.2, 0) is 22.6 Å². The van der Waals surface area contributed by atoms with Crippen molar-refractivity contribution in [3.63, 3.8) is 0 Å². The van der Waals surface area contributed by atoms with Crippen LogP contribution in [-0.4, -0.2) is 41.2 Å². The van der Waals surface area contributed by atoms with Crippen LogP contribution in [0.4, 0.5) is 0 Å². The molecule has 23 heavy (non-hydrogen) atoms. The van der Waals surface area contributed by atoms with E-state index < -0.39 is 0 Å². The molecule has 0 unspecified atom stereocenters. The van der Waals surface area contributed by atoms with Crippen LogP contribution in [0.15, 0.2) is 11.4 Å². The molecule has 0 atom stereocenters. The number of thiophene rings is 1. The van der Waals surface area contributed by atoms with E-state index in [0.29, 0.717) is 13.1 Å². The maximum Gasteiger partial charge on any atom is 0.227 e. The highest BCUT2D eigenvalue weighted by Crippen LogP contribution is 2.28. The molecule has 0 aliphatic carbocycles. The standard InChI is InChI=1S/C18H26N2O2S/c1-18(2,3)17(22)19-8-4-13(5-9-19)16(21)20-10-6-15-14(12-20)7-11-23-15/h7,11,13H,4-6,8-10,12H2,1-3H3. The molecular weight excluding hydrogens is 308 g/mol. The lowest BCUT2D eigenvalue weighted by Crippen LogP contribution is -2.48. The first kappa shape index (κ1) is 16.5. The summed E-state index contributed by atoms with van der Waals surface area (Å²) in [4.78, 5) is 30.5. The van der Waals surface area contributed by atoms with Crippen LogP contribution in [0.3, 0.4) is 0 Å². The largest absolute Gasteiger partial charge is 0.342 e. The summed E-state index contributed by atoms with van der Waals surface area (Å²) >= 11 is 1.80. The zero-order valence-electron chi connectivity index (χ0n) is 14.3. The third-order valence-corrected chi connectivity index (χ3v) is 5.92. The van der Waals surface area contributed by atoms with Crippen molar-refractivity contribution >= 4 is 23.2 Å². The van der Waals surface area contributed by atoms with E-state index in [1.54, 1.807) is 11.3 Å². The second kappa shape index (κ2) is 6.27. The molecule has 0 spiro atoms. The van der Waals surface area contributed by atoms with Crippen LogP contribution in [0, 0.1) is 11.3 Å². The molecule has 0 bridgehead atoms. The van der Waals surface area contributed by atoms with Crippen molar-refractivity contribution in [3.8, 4) is 0 Å². The van der Waals surface area contributed by atoms with Crippen molar-refractivity contribution in [1.82, 2.24) is 9.80 Å². The predicted octanol–water partition coefficient (Wildman–Crippen LogP) is 2.92. The topological polar surface area (TPSA) is 40.6 Å². The molecule has 3 heterocycles. The number of rotatable bonds is 1. The quantitative estimate of drug-likeness (QED) is 0.792. The first-order chi connectivity index (χ1) is 10.9. The van der Waals surface area contributed by atoms with Crippen molar-refractivity contribution < 1.29 is 9.59 Å². The second-order valence-electron chi connectivity index (χ2n) is 7.70. The van der Waals surface area contributed by atoms with E-state index in [0.717, 1.165) is 32.4 Å². The summed E-state index contributed by atoms with van der Waals surface area (Å²) in [5.41, 5.74) is 0.981. The number of likely N-dealkylation sites (tertiary alicyclic amines) is 1. The van der Waals surface area contributed by atoms with Gasteiger partial charge in [0.15, 0.2) is 0 Å². The van der Waals surface area contributed by atoms with Gasteiger partial charge in [-0.05, 0) is 36.3 Å². The molecule has 2 aliphatic heterocycles. The molecule has 0 saturated carbocycles. The lowest BCUT2D eigenvalue weighted by Gasteiger charge is -2.37. The Balaban J connectivity index is 1.56. The molecule has 1 fully saturated rings. The zero-order valence-corrected chi connectivity index (χ0v) is 15.1. The van der Waals surface area contributed by atoms with E-state index in [1.807, 2.05) is 30.6 Å². The van der Waals surface area contributed by atoms with Crippen LogP contribution in [0.25, 0.3) is 0 Å². The summed E-state index contributed by atoms with van der Waals surface area (Å²) in [5, 5.41) is 2.12. The smallest absolute Gasteiger partial charge is 0.227 e. The molecule has 1 saturated heterocycles. The number of carbonyl (C=O) groups excluding carboxylic acids is 2. The van der Waals surface area contributed by atoms with Gasteiger partial charge in [-0.2, -0.15) is 0 Å². The van der Waals surface area contributed by atoms with Gasteiger partial charge in [0.25, 0.3) is 0 Å². The molecular formula is C18H26N2O2S. The lowest BCUT2D eigenvalue weighted by molar-refractivity contribution is -0.145. The van der Waals surface area contributed by atoms with Gasteiger partial charge in [0.05, 0.1) is 0 Å². The lowest BCUT2D eigenvalue weighted by atomic mass is 9.90. The Labute approximate surface area is 142 Å². The summed E-state index contributed by atoms with van der Waals surface area (Å²) in [6, 6.07) is 2.14. The highest BCUT2D eigenvalue weighted by molar-refractivity contribution is 7.10. The number of nitrogens with zero attached hydrogens (tertiary/aromatic N) is 2. The van der Waals surface area contributed by atoms with E-state index in [1.165, 1.54) is 10.4 Å². The van der Waals surface area contributed by atoms with Gasteiger partial charge >= 0.3 is 0 Å². The normalized spacial score (nSPS) is 19.6.